The van der Waals surface area contributed by atoms with Crippen LogP contribution < -0.4 is 11.1 Å². The number of nitrogens with zero attached hydrogens (tertiary/aromatic N) is 2. The van der Waals surface area contributed by atoms with Crippen molar-refractivity contribution in [2.75, 3.05) is 5.32 Å². The molecule has 16 heavy (non-hydrogen) atoms. The van der Waals surface area contributed by atoms with Gasteiger partial charge in [-0.1, -0.05) is 12.1 Å². The topological polar surface area (TPSA) is 63.8 Å². The first-order chi connectivity index (χ1) is 7.88. The molecule has 2 aromatic rings. The Morgan fingerprint density at radius 3 is 2.69 bits per heavy atom. The maximum atomic E-state index is 5.50. The van der Waals surface area contributed by atoms with E-state index in [0.717, 1.165) is 23.5 Å². The van der Waals surface area contributed by atoms with E-state index >= 15 is 0 Å². The minimum absolute atomic E-state index is 0.524. The summed E-state index contributed by atoms with van der Waals surface area (Å²) in [7, 11) is 0. The normalized spacial score (nSPS) is 10.1. The average molecular weight is 214 g/mol. The molecule has 0 aliphatic heterocycles. The van der Waals surface area contributed by atoms with Crippen LogP contribution in [0.15, 0.2) is 42.9 Å². The van der Waals surface area contributed by atoms with Gasteiger partial charge in [0.2, 0.25) is 0 Å². The Balaban J connectivity index is 1.94. The number of rotatable bonds is 4. The molecule has 4 nitrogen and oxygen atoms in total. The van der Waals surface area contributed by atoms with E-state index in [-0.39, 0.29) is 0 Å². The smallest absolute Gasteiger partial charge is 0.126 e. The van der Waals surface area contributed by atoms with Crippen LogP contribution in [-0.2, 0) is 13.1 Å². The number of aromatic nitrogens is 2. The molecule has 0 atom stereocenters. The molecule has 3 N–H and O–H groups in total. The van der Waals surface area contributed by atoms with Crippen LogP contribution in [0.2, 0.25) is 0 Å². The van der Waals surface area contributed by atoms with E-state index in [2.05, 4.69) is 15.3 Å². The lowest BCUT2D eigenvalue weighted by atomic mass is 10.2. The van der Waals surface area contributed by atoms with Gasteiger partial charge < -0.3 is 11.1 Å². The Bertz CT molecular complexity index is 425. The summed E-state index contributed by atoms with van der Waals surface area (Å²) in [6, 6.07) is 7.84. The molecule has 0 radical (unpaired) electrons. The molecule has 0 fully saturated rings. The predicted molar refractivity (Wildman–Crippen MR) is 63.7 cm³/mol. The molecule has 0 aromatic carbocycles. The van der Waals surface area contributed by atoms with Crippen molar-refractivity contribution in [1.82, 2.24) is 9.97 Å². The highest BCUT2D eigenvalue weighted by Gasteiger charge is 1.95. The molecule has 4 heteroatoms. The van der Waals surface area contributed by atoms with Crippen LogP contribution in [-0.4, -0.2) is 9.97 Å². The Morgan fingerprint density at radius 1 is 1.12 bits per heavy atom. The molecular formula is C12H14N4. The maximum Gasteiger partial charge on any atom is 0.126 e. The quantitative estimate of drug-likeness (QED) is 0.810. The number of anilines is 1. The lowest BCUT2D eigenvalue weighted by molar-refractivity contribution is 1.03. The van der Waals surface area contributed by atoms with E-state index in [1.54, 1.807) is 12.4 Å². The standard InChI is InChI=1S/C12H14N4/c13-6-10-3-4-12(15-8-10)16-9-11-2-1-5-14-7-11/h1-5,7-8H,6,9,13H2,(H,15,16). The largest absolute Gasteiger partial charge is 0.366 e. The van der Waals surface area contributed by atoms with Crippen LogP contribution in [0.25, 0.3) is 0 Å². The van der Waals surface area contributed by atoms with Crippen LogP contribution in [0, 0.1) is 0 Å². The Morgan fingerprint density at radius 2 is 2.06 bits per heavy atom. The van der Waals surface area contributed by atoms with Crippen molar-refractivity contribution in [2.24, 2.45) is 5.73 Å². The van der Waals surface area contributed by atoms with Gasteiger partial charge in [0, 0.05) is 31.7 Å². The third kappa shape index (κ3) is 2.77. The molecule has 0 saturated carbocycles. The number of hydrogen-bond acceptors (Lipinski definition) is 4. The summed E-state index contributed by atoms with van der Waals surface area (Å²) in [5.74, 6) is 0.848. The summed E-state index contributed by atoms with van der Waals surface area (Å²) in [6.07, 6.45) is 5.38. The molecule has 0 unspecified atom stereocenters. The first-order valence-electron chi connectivity index (χ1n) is 5.16. The number of hydrogen-bond donors (Lipinski definition) is 2. The molecule has 0 saturated heterocycles. The zero-order valence-electron chi connectivity index (χ0n) is 8.93. The zero-order valence-corrected chi connectivity index (χ0v) is 8.93. The number of nitrogens with one attached hydrogen (secondary N) is 1. The molecule has 0 bridgehead atoms. The SMILES string of the molecule is NCc1ccc(NCc2cccnc2)nc1. The van der Waals surface area contributed by atoms with Gasteiger partial charge in [0.15, 0.2) is 0 Å². The van der Waals surface area contributed by atoms with E-state index in [9.17, 15) is 0 Å². The van der Waals surface area contributed by atoms with E-state index in [0.29, 0.717) is 6.54 Å². The lowest BCUT2D eigenvalue weighted by Gasteiger charge is -2.05. The molecule has 0 amide bonds. The van der Waals surface area contributed by atoms with Crippen molar-refractivity contribution < 1.29 is 0 Å². The van der Waals surface area contributed by atoms with Gasteiger partial charge in [-0.2, -0.15) is 0 Å². The second-order valence-electron chi connectivity index (χ2n) is 3.47. The van der Waals surface area contributed by atoms with Gasteiger partial charge >= 0.3 is 0 Å². The number of nitrogens with two attached hydrogens (primary N) is 1. The number of pyridine rings is 2. The van der Waals surface area contributed by atoms with Crippen LogP contribution >= 0.6 is 0 Å². The second-order valence-corrected chi connectivity index (χ2v) is 3.47. The van der Waals surface area contributed by atoms with Gasteiger partial charge in [-0.05, 0) is 23.3 Å². The van der Waals surface area contributed by atoms with Gasteiger partial charge in [-0.15, -0.1) is 0 Å². The first-order valence-corrected chi connectivity index (χ1v) is 5.16. The van der Waals surface area contributed by atoms with Crippen molar-refractivity contribution in [3.8, 4) is 0 Å². The van der Waals surface area contributed by atoms with Crippen molar-refractivity contribution in [1.29, 1.82) is 0 Å². The molecular weight excluding hydrogens is 200 g/mol. The molecule has 2 heterocycles. The Hall–Kier alpha value is -1.94. The van der Waals surface area contributed by atoms with Gasteiger partial charge in [0.1, 0.15) is 5.82 Å². The fourth-order valence-electron chi connectivity index (χ4n) is 1.35. The van der Waals surface area contributed by atoms with E-state index in [1.807, 2.05) is 30.5 Å². The van der Waals surface area contributed by atoms with E-state index in [4.69, 9.17) is 5.73 Å². The highest BCUT2D eigenvalue weighted by molar-refractivity contribution is 5.36. The fourth-order valence-corrected chi connectivity index (χ4v) is 1.35. The summed E-state index contributed by atoms with van der Waals surface area (Å²) < 4.78 is 0. The van der Waals surface area contributed by atoms with Crippen molar-refractivity contribution in [3.05, 3.63) is 54.0 Å². The minimum atomic E-state index is 0.524. The van der Waals surface area contributed by atoms with E-state index in [1.165, 1.54) is 0 Å². The van der Waals surface area contributed by atoms with Crippen molar-refractivity contribution in [3.63, 3.8) is 0 Å². The third-order valence-electron chi connectivity index (χ3n) is 2.26. The highest BCUT2D eigenvalue weighted by atomic mass is 15.0. The Labute approximate surface area is 94.5 Å². The summed E-state index contributed by atoms with van der Waals surface area (Å²) in [5.41, 5.74) is 7.66. The lowest BCUT2D eigenvalue weighted by Crippen LogP contribution is -2.03. The monoisotopic (exact) mass is 214 g/mol. The Kier molecular flexibility index (Phi) is 3.46. The summed E-state index contributed by atoms with van der Waals surface area (Å²) >= 11 is 0. The summed E-state index contributed by atoms with van der Waals surface area (Å²) in [6.45, 7) is 1.25. The molecule has 2 aromatic heterocycles. The molecule has 0 aliphatic rings. The zero-order chi connectivity index (χ0) is 11.2. The fraction of sp³-hybridized carbons (Fsp3) is 0.167. The van der Waals surface area contributed by atoms with Gasteiger partial charge in [-0.25, -0.2) is 4.98 Å². The van der Waals surface area contributed by atoms with Gasteiger partial charge in [-0.3, -0.25) is 4.98 Å². The van der Waals surface area contributed by atoms with Crippen molar-refractivity contribution in [2.45, 2.75) is 13.1 Å². The molecule has 0 aliphatic carbocycles. The molecule has 0 spiro atoms. The van der Waals surface area contributed by atoms with Crippen LogP contribution in [0.1, 0.15) is 11.1 Å². The van der Waals surface area contributed by atoms with Gasteiger partial charge in [0.05, 0.1) is 0 Å². The predicted octanol–water partition coefficient (Wildman–Crippen LogP) is 1.55. The van der Waals surface area contributed by atoms with E-state index < -0.39 is 0 Å². The average Bonchev–Trinajstić information content (AvgIpc) is 2.38. The summed E-state index contributed by atoms with van der Waals surface area (Å²) in [4.78, 5) is 8.30. The second kappa shape index (κ2) is 5.23. The summed E-state index contributed by atoms with van der Waals surface area (Å²) in [5, 5.41) is 3.22. The third-order valence-corrected chi connectivity index (χ3v) is 2.26. The first kappa shape index (κ1) is 10.6. The van der Waals surface area contributed by atoms with Crippen LogP contribution in [0.5, 0.6) is 0 Å². The molecule has 2 rings (SSSR count). The van der Waals surface area contributed by atoms with Crippen LogP contribution in [0.3, 0.4) is 0 Å². The maximum absolute atomic E-state index is 5.50. The highest BCUT2D eigenvalue weighted by Crippen LogP contribution is 2.06. The van der Waals surface area contributed by atoms with Crippen molar-refractivity contribution >= 4 is 5.82 Å². The van der Waals surface area contributed by atoms with Crippen LogP contribution in [0.4, 0.5) is 5.82 Å². The minimum Gasteiger partial charge on any atom is -0.366 e. The van der Waals surface area contributed by atoms with Gasteiger partial charge in [0.25, 0.3) is 0 Å². The molecule has 82 valence electrons.